The van der Waals surface area contributed by atoms with Gasteiger partial charge in [0.2, 0.25) is 5.91 Å². The molecule has 4 heterocycles. The van der Waals surface area contributed by atoms with E-state index in [0.29, 0.717) is 18.6 Å². The van der Waals surface area contributed by atoms with E-state index in [1.807, 2.05) is 35.8 Å². The van der Waals surface area contributed by atoms with Gasteiger partial charge in [-0.1, -0.05) is 30.3 Å². The molecule has 5 rings (SSSR count). The maximum absolute atomic E-state index is 12.7. The lowest BCUT2D eigenvalue weighted by Crippen LogP contribution is -2.48. The number of hydrogen-bond acceptors (Lipinski definition) is 5. The van der Waals surface area contributed by atoms with Crippen LogP contribution in [0.1, 0.15) is 24.1 Å². The Balaban J connectivity index is 1.31. The van der Waals surface area contributed by atoms with E-state index in [0.717, 1.165) is 43.9 Å². The Morgan fingerprint density at radius 1 is 1.19 bits per heavy atom. The number of ether oxygens (including phenoxy) is 1. The topological polar surface area (TPSA) is 45.7 Å². The number of fused-ring (bicyclic) bond motifs is 4. The van der Waals surface area contributed by atoms with Crippen LogP contribution in [0.5, 0.6) is 0 Å². The van der Waals surface area contributed by atoms with Crippen molar-refractivity contribution in [3.05, 3.63) is 52.5 Å². The van der Waals surface area contributed by atoms with Crippen LogP contribution < -0.4 is 0 Å². The molecule has 2 atom stereocenters. The summed E-state index contributed by atoms with van der Waals surface area (Å²) in [5, 5.41) is 2.12. The summed E-state index contributed by atoms with van der Waals surface area (Å²) in [6.07, 6.45) is 2.32. The second-order valence-corrected chi connectivity index (χ2v) is 8.01. The second kappa shape index (κ2) is 8.29. The lowest BCUT2D eigenvalue weighted by atomic mass is 9.95. The van der Waals surface area contributed by atoms with Gasteiger partial charge in [-0.25, -0.2) is 4.98 Å². The number of hydrogen-bond donors (Lipinski definition) is 0. The molecule has 3 fully saturated rings. The standard InChI is InChI=1S/C20H25N3O2S/c24-20(13-25-12-16-4-2-1-3-5-16)23-9-17-6-7-19(23)11-22(8-17)10-18-14-26-15-21-18/h1-5,14-15,17,19H,6-13H2. The molecule has 0 saturated carbocycles. The van der Waals surface area contributed by atoms with E-state index in [2.05, 4.69) is 20.2 Å². The summed E-state index contributed by atoms with van der Waals surface area (Å²) < 4.78 is 5.68. The molecule has 0 N–H and O–H groups in total. The Kier molecular flexibility index (Phi) is 5.62. The van der Waals surface area contributed by atoms with Crippen molar-refractivity contribution in [1.29, 1.82) is 0 Å². The normalized spacial score (nSPS) is 23.2. The zero-order valence-corrected chi connectivity index (χ0v) is 15.7. The minimum atomic E-state index is 0.131. The van der Waals surface area contributed by atoms with Gasteiger partial charge >= 0.3 is 0 Å². The van der Waals surface area contributed by atoms with Crippen molar-refractivity contribution in [2.24, 2.45) is 5.92 Å². The first kappa shape index (κ1) is 17.6. The summed E-state index contributed by atoms with van der Waals surface area (Å²) in [5.41, 5.74) is 4.13. The molecule has 0 spiro atoms. The number of amides is 1. The van der Waals surface area contributed by atoms with Crippen LogP contribution in [0.2, 0.25) is 0 Å². The molecule has 26 heavy (non-hydrogen) atoms. The van der Waals surface area contributed by atoms with Gasteiger partial charge in [0.15, 0.2) is 0 Å². The van der Waals surface area contributed by atoms with Crippen LogP contribution in [0.15, 0.2) is 41.2 Å². The van der Waals surface area contributed by atoms with Gasteiger partial charge in [-0.05, 0) is 24.3 Å². The molecule has 1 amide bonds. The van der Waals surface area contributed by atoms with Crippen LogP contribution in [0.3, 0.4) is 0 Å². The van der Waals surface area contributed by atoms with Gasteiger partial charge in [0.05, 0.1) is 17.8 Å². The van der Waals surface area contributed by atoms with E-state index in [9.17, 15) is 4.79 Å². The number of carbonyl (C=O) groups excluding carboxylic acids is 1. The minimum Gasteiger partial charge on any atom is -0.367 e. The molecule has 1 aromatic carbocycles. The molecule has 6 heteroatoms. The molecule has 138 valence electrons. The highest BCUT2D eigenvalue weighted by Crippen LogP contribution is 2.29. The van der Waals surface area contributed by atoms with E-state index >= 15 is 0 Å². The lowest BCUT2D eigenvalue weighted by molar-refractivity contribution is -0.140. The molecule has 3 aliphatic heterocycles. The fraction of sp³-hybridized carbons (Fsp3) is 0.500. The van der Waals surface area contributed by atoms with Gasteiger partial charge in [0.1, 0.15) is 6.61 Å². The van der Waals surface area contributed by atoms with E-state index in [4.69, 9.17) is 4.74 Å². The predicted molar refractivity (Wildman–Crippen MR) is 102 cm³/mol. The van der Waals surface area contributed by atoms with Gasteiger partial charge in [0.25, 0.3) is 0 Å². The number of thiazole rings is 1. The number of rotatable bonds is 6. The molecule has 5 nitrogen and oxygen atoms in total. The summed E-state index contributed by atoms with van der Waals surface area (Å²) in [5.74, 6) is 0.691. The van der Waals surface area contributed by atoms with Crippen molar-refractivity contribution in [2.45, 2.75) is 32.0 Å². The van der Waals surface area contributed by atoms with E-state index in [1.165, 1.54) is 6.42 Å². The monoisotopic (exact) mass is 371 g/mol. The molecule has 3 aliphatic rings. The first-order chi connectivity index (χ1) is 12.8. The van der Waals surface area contributed by atoms with Crippen molar-refractivity contribution in [1.82, 2.24) is 14.8 Å². The average Bonchev–Trinajstić information content (AvgIpc) is 3.01. The van der Waals surface area contributed by atoms with Crippen molar-refractivity contribution in [2.75, 3.05) is 26.2 Å². The van der Waals surface area contributed by atoms with Gasteiger partial charge in [-0.2, -0.15) is 0 Å². The molecular formula is C20H25N3O2S. The van der Waals surface area contributed by atoms with Crippen LogP contribution >= 0.6 is 11.3 Å². The van der Waals surface area contributed by atoms with E-state index in [-0.39, 0.29) is 12.5 Å². The number of piperidine rings is 1. The second-order valence-electron chi connectivity index (χ2n) is 7.30. The Morgan fingerprint density at radius 3 is 2.88 bits per heavy atom. The molecule has 2 bridgehead atoms. The van der Waals surface area contributed by atoms with Gasteiger partial charge < -0.3 is 9.64 Å². The lowest BCUT2D eigenvalue weighted by Gasteiger charge is -2.36. The summed E-state index contributed by atoms with van der Waals surface area (Å²) in [6.45, 7) is 4.42. The zero-order valence-electron chi connectivity index (χ0n) is 14.9. The fourth-order valence-corrected chi connectivity index (χ4v) is 4.62. The Morgan fingerprint density at radius 2 is 2.08 bits per heavy atom. The maximum atomic E-state index is 12.7. The largest absolute Gasteiger partial charge is 0.367 e. The number of aromatic nitrogens is 1. The van der Waals surface area contributed by atoms with Crippen molar-refractivity contribution >= 4 is 17.2 Å². The molecule has 3 saturated heterocycles. The minimum absolute atomic E-state index is 0.131. The number of benzene rings is 1. The zero-order chi connectivity index (χ0) is 17.8. The SMILES string of the molecule is O=C(COCc1ccccc1)N1CC2CCC1CN(Cc1cscn1)C2. The molecule has 2 aromatic rings. The van der Waals surface area contributed by atoms with E-state index < -0.39 is 0 Å². The molecular weight excluding hydrogens is 346 g/mol. The highest BCUT2D eigenvalue weighted by Gasteiger charge is 2.37. The Labute approximate surface area is 158 Å². The summed E-state index contributed by atoms with van der Waals surface area (Å²) >= 11 is 1.64. The van der Waals surface area contributed by atoms with Crippen molar-refractivity contribution in [3.63, 3.8) is 0 Å². The van der Waals surface area contributed by atoms with Crippen LogP contribution in [0.25, 0.3) is 0 Å². The third kappa shape index (κ3) is 4.31. The quantitative estimate of drug-likeness (QED) is 0.783. The average molecular weight is 372 g/mol. The molecule has 0 aliphatic carbocycles. The summed E-state index contributed by atoms with van der Waals surface area (Å²) in [4.78, 5) is 21.7. The van der Waals surface area contributed by atoms with Crippen LogP contribution in [0, 0.1) is 5.92 Å². The summed E-state index contributed by atoms with van der Waals surface area (Å²) in [6, 6.07) is 10.3. The number of carbonyl (C=O) groups is 1. The van der Waals surface area contributed by atoms with Crippen LogP contribution in [-0.4, -0.2) is 53.0 Å². The fourth-order valence-electron chi connectivity index (χ4n) is 4.07. The van der Waals surface area contributed by atoms with Gasteiger partial charge in [0, 0.05) is 37.6 Å². The Hall–Kier alpha value is -1.76. The van der Waals surface area contributed by atoms with E-state index in [1.54, 1.807) is 11.3 Å². The maximum Gasteiger partial charge on any atom is 0.248 e. The van der Waals surface area contributed by atoms with Gasteiger partial charge in [-0.15, -0.1) is 11.3 Å². The molecule has 2 unspecified atom stereocenters. The van der Waals surface area contributed by atoms with Crippen LogP contribution in [-0.2, 0) is 22.7 Å². The summed E-state index contributed by atoms with van der Waals surface area (Å²) in [7, 11) is 0. The molecule has 0 radical (unpaired) electrons. The third-order valence-electron chi connectivity index (χ3n) is 5.32. The highest BCUT2D eigenvalue weighted by molar-refractivity contribution is 7.07. The van der Waals surface area contributed by atoms with Crippen LogP contribution in [0.4, 0.5) is 0 Å². The van der Waals surface area contributed by atoms with Gasteiger partial charge in [-0.3, -0.25) is 9.69 Å². The molecule has 1 aromatic heterocycles. The highest BCUT2D eigenvalue weighted by atomic mass is 32.1. The Bertz CT molecular complexity index is 707. The smallest absolute Gasteiger partial charge is 0.248 e. The van der Waals surface area contributed by atoms with Crippen molar-refractivity contribution in [3.8, 4) is 0 Å². The third-order valence-corrected chi connectivity index (χ3v) is 5.95. The van der Waals surface area contributed by atoms with Crippen molar-refractivity contribution < 1.29 is 9.53 Å². The predicted octanol–water partition coefficient (Wildman–Crippen LogP) is 2.78. The first-order valence-corrected chi connectivity index (χ1v) is 10.2. The first-order valence-electron chi connectivity index (χ1n) is 9.28. The number of nitrogens with zero attached hydrogens (tertiary/aromatic N) is 3.